The van der Waals surface area contributed by atoms with Crippen LogP contribution in [0.25, 0.3) is 0 Å². The molecule has 0 saturated heterocycles. The monoisotopic (exact) mass is 204 g/mol. The Labute approximate surface area is 90.6 Å². The second-order valence-electron chi connectivity index (χ2n) is 3.85. The van der Waals surface area contributed by atoms with E-state index in [-0.39, 0.29) is 0 Å². The molecule has 0 aliphatic carbocycles. The largest absolute Gasteiger partial charge is 0.387 e. The summed E-state index contributed by atoms with van der Waals surface area (Å²) in [6.45, 7) is 0.609. The summed E-state index contributed by atoms with van der Waals surface area (Å²) in [4.78, 5) is 1.94. The van der Waals surface area contributed by atoms with Gasteiger partial charge in [0.15, 0.2) is 0 Å². The lowest BCUT2D eigenvalue weighted by Gasteiger charge is -2.16. The molecular weight excluding hydrogens is 188 g/mol. The van der Waals surface area contributed by atoms with E-state index in [9.17, 15) is 5.11 Å². The molecule has 0 aliphatic rings. The smallest absolute Gasteiger partial charge is 0.0916 e. The number of nitrogens with zero attached hydrogens (tertiary/aromatic N) is 2. The Morgan fingerprint density at radius 1 is 1.33 bits per heavy atom. The highest BCUT2D eigenvalue weighted by Gasteiger charge is 2.07. The van der Waals surface area contributed by atoms with Crippen LogP contribution in [-0.2, 0) is 6.42 Å². The number of nitriles is 1. The molecule has 1 unspecified atom stereocenters. The second-order valence-corrected chi connectivity index (χ2v) is 3.85. The summed E-state index contributed by atoms with van der Waals surface area (Å²) in [6, 6.07) is 9.62. The molecule has 0 aliphatic heterocycles. The van der Waals surface area contributed by atoms with Crippen LogP contribution < -0.4 is 0 Å². The first kappa shape index (κ1) is 11.7. The van der Waals surface area contributed by atoms with Gasteiger partial charge in [0.05, 0.1) is 18.6 Å². The molecule has 0 bridgehead atoms. The van der Waals surface area contributed by atoms with Crippen molar-refractivity contribution in [1.29, 1.82) is 5.26 Å². The van der Waals surface area contributed by atoms with Gasteiger partial charge in [-0.25, -0.2) is 0 Å². The Morgan fingerprint density at radius 2 is 1.93 bits per heavy atom. The van der Waals surface area contributed by atoms with E-state index in [2.05, 4.69) is 6.07 Å². The van der Waals surface area contributed by atoms with Gasteiger partial charge in [-0.15, -0.1) is 0 Å². The van der Waals surface area contributed by atoms with Gasteiger partial charge in [0.25, 0.3) is 0 Å². The SMILES string of the molecule is CN(C)CC(O)c1ccc(CC#N)cc1. The van der Waals surface area contributed by atoms with Crippen LogP contribution in [0.4, 0.5) is 0 Å². The van der Waals surface area contributed by atoms with Crippen molar-refractivity contribution in [1.82, 2.24) is 4.90 Å². The molecule has 15 heavy (non-hydrogen) atoms. The number of rotatable bonds is 4. The van der Waals surface area contributed by atoms with Crippen LogP contribution in [0.1, 0.15) is 17.2 Å². The van der Waals surface area contributed by atoms with Crippen LogP contribution in [0.3, 0.4) is 0 Å². The summed E-state index contributed by atoms with van der Waals surface area (Å²) in [5, 5.41) is 18.3. The number of hydrogen-bond donors (Lipinski definition) is 1. The average Bonchev–Trinajstić information content (AvgIpc) is 2.18. The first-order chi connectivity index (χ1) is 7.13. The van der Waals surface area contributed by atoms with E-state index in [4.69, 9.17) is 5.26 Å². The van der Waals surface area contributed by atoms with Crippen molar-refractivity contribution in [2.75, 3.05) is 20.6 Å². The number of hydrogen-bond acceptors (Lipinski definition) is 3. The fourth-order valence-electron chi connectivity index (χ4n) is 1.40. The molecule has 1 atom stereocenters. The predicted octanol–water partition coefficient (Wildman–Crippen LogP) is 1.35. The van der Waals surface area contributed by atoms with E-state index in [1.54, 1.807) is 0 Å². The van der Waals surface area contributed by atoms with Crippen molar-refractivity contribution in [3.63, 3.8) is 0 Å². The highest BCUT2D eigenvalue weighted by Crippen LogP contribution is 2.14. The Morgan fingerprint density at radius 3 is 2.40 bits per heavy atom. The molecule has 1 rings (SSSR count). The molecule has 0 amide bonds. The highest BCUT2D eigenvalue weighted by atomic mass is 16.3. The predicted molar refractivity (Wildman–Crippen MR) is 59.3 cm³/mol. The maximum absolute atomic E-state index is 9.81. The molecule has 0 spiro atoms. The summed E-state index contributed by atoms with van der Waals surface area (Å²) >= 11 is 0. The minimum absolute atomic E-state index is 0.421. The first-order valence-electron chi connectivity index (χ1n) is 4.92. The Bertz CT molecular complexity index is 338. The number of aliphatic hydroxyl groups is 1. The molecule has 0 aromatic heterocycles. The minimum Gasteiger partial charge on any atom is -0.387 e. The third-order valence-corrected chi connectivity index (χ3v) is 2.19. The van der Waals surface area contributed by atoms with Crippen molar-refractivity contribution in [2.45, 2.75) is 12.5 Å². The zero-order chi connectivity index (χ0) is 11.3. The lowest BCUT2D eigenvalue weighted by molar-refractivity contribution is 0.138. The van der Waals surface area contributed by atoms with E-state index in [0.717, 1.165) is 11.1 Å². The molecule has 3 nitrogen and oxygen atoms in total. The summed E-state index contributed by atoms with van der Waals surface area (Å²) in [7, 11) is 3.85. The van der Waals surface area contributed by atoms with Crippen molar-refractivity contribution in [2.24, 2.45) is 0 Å². The average molecular weight is 204 g/mol. The van der Waals surface area contributed by atoms with Crippen molar-refractivity contribution < 1.29 is 5.11 Å². The standard InChI is InChI=1S/C12H16N2O/c1-14(2)9-12(15)11-5-3-10(4-6-11)7-8-13/h3-6,12,15H,7,9H2,1-2H3. The molecule has 1 N–H and O–H groups in total. The van der Waals surface area contributed by atoms with Crippen molar-refractivity contribution in [3.8, 4) is 6.07 Å². The zero-order valence-electron chi connectivity index (χ0n) is 9.14. The number of aliphatic hydroxyl groups excluding tert-OH is 1. The van der Waals surface area contributed by atoms with Gasteiger partial charge in [0.1, 0.15) is 0 Å². The molecule has 0 radical (unpaired) electrons. The molecule has 0 saturated carbocycles. The Hall–Kier alpha value is -1.37. The third-order valence-electron chi connectivity index (χ3n) is 2.19. The lowest BCUT2D eigenvalue weighted by Crippen LogP contribution is -2.19. The number of benzene rings is 1. The van der Waals surface area contributed by atoms with Gasteiger partial charge in [-0.05, 0) is 25.2 Å². The molecule has 1 aromatic carbocycles. The van der Waals surface area contributed by atoms with E-state index >= 15 is 0 Å². The van der Waals surface area contributed by atoms with Crippen LogP contribution in [0.2, 0.25) is 0 Å². The van der Waals surface area contributed by atoms with Crippen LogP contribution in [0, 0.1) is 11.3 Å². The Balaban J connectivity index is 2.67. The first-order valence-corrected chi connectivity index (χ1v) is 4.92. The van der Waals surface area contributed by atoms with E-state index in [1.807, 2.05) is 43.3 Å². The van der Waals surface area contributed by atoms with Gasteiger partial charge in [-0.1, -0.05) is 24.3 Å². The molecule has 3 heteroatoms. The van der Waals surface area contributed by atoms with Gasteiger partial charge in [-0.2, -0.15) is 5.26 Å². The van der Waals surface area contributed by atoms with E-state index in [1.165, 1.54) is 0 Å². The second kappa shape index (κ2) is 5.50. The fourth-order valence-corrected chi connectivity index (χ4v) is 1.40. The van der Waals surface area contributed by atoms with Crippen LogP contribution >= 0.6 is 0 Å². The normalized spacial score (nSPS) is 12.5. The van der Waals surface area contributed by atoms with Crippen molar-refractivity contribution in [3.05, 3.63) is 35.4 Å². The van der Waals surface area contributed by atoms with E-state index in [0.29, 0.717) is 13.0 Å². The van der Waals surface area contributed by atoms with Crippen molar-refractivity contribution >= 4 is 0 Å². The van der Waals surface area contributed by atoms with Gasteiger partial charge < -0.3 is 10.0 Å². The molecule has 0 heterocycles. The molecule has 0 fully saturated rings. The van der Waals surface area contributed by atoms with Crippen LogP contribution in [0.15, 0.2) is 24.3 Å². The Kier molecular flexibility index (Phi) is 4.29. The lowest BCUT2D eigenvalue weighted by atomic mass is 10.1. The zero-order valence-corrected chi connectivity index (χ0v) is 9.14. The maximum Gasteiger partial charge on any atom is 0.0916 e. The fraction of sp³-hybridized carbons (Fsp3) is 0.417. The third kappa shape index (κ3) is 3.70. The highest BCUT2D eigenvalue weighted by molar-refractivity contribution is 5.26. The van der Waals surface area contributed by atoms with Crippen LogP contribution in [0.5, 0.6) is 0 Å². The maximum atomic E-state index is 9.81. The minimum atomic E-state index is -0.462. The molecular formula is C12H16N2O. The molecule has 80 valence electrons. The molecule has 1 aromatic rings. The summed E-state index contributed by atoms with van der Waals surface area (Å²) in [5.41, 5.74) is 1.88. The van der Waals surface area contributed by atoms with Gasteiger partial charge in [0, 0.05) is 6.54 Å². The topological polar surface area (TPSA) is 47.3 Å². The van der Waals surface area contributed by atoms with Gasteiger partial charge in [-0.3, -0.25) is 0 Å². The summed E-state index contributed by atoms with van der Waals surface area (Å²) in [5.74, 6) is 0. The summed E-state index contributed by atoms with van der Waals surface area (Å²) < 4.78 is 0. The van der Waals surface area contributed by atoms with Crippen LogP contribution in [-0.4, -0.2) is 30.6 Å². The summed E-state index contributed by atoms with van der Waals surface area (Å²) in [6.07, 6.45) is -0.0412. The van der Waals surface area contributed by atoms with Gasteiger partial charge in [0.2, 0.25) is 0 Å². The van der Waals surface area contributed by atoms with Gasteiger partial charge >= 0.3 is 0 Å². The van der Waals surface area contributed by atoms with E-state index < -0.39 is 6.10 Å². The number of likely N-dealkylation sites (N-methyl/N-ethyl adjacent to an activating group) is 1. The quantitative estimate of drug-likeness (QED) is 0.805.